The zero-order chi connectivity index (χ0) is 22.6. The summed E-state index contributed by atoms with van der Waals surface area (Å²) in [6, 6.07) is 11.0. The van der Waals surface area contributed by atoms with Crippen LogP contribution in [-0.4, -0.2) is 44.4 Å². The van der Waals surface area contributed by atoms with Gasteiger partial charge in [0.15, 0.2) is 6.61 Å². The summed E-state index contributed by atoms with van der Waals surface area (Å²) in [5.74, 6) is 0.571. The second-order valence-corrected chi connectivity index (χ2v) is 10.1. The van der Waals surface area contributed by atoms with Gasteiger partial charge in [0.05, 0.1) is 4.90 Å². The first-order valence-electron chi connectivity index (χ1n) is 10.8. The summed E-state index contributed by atoms with van der Waals surface area (Å²) in [6.45, 7) is 8.73. The molecular formula is C24H32N2O4S. The van der Waals surface area contributed by atoms with E-state index in [2.05, 4.69) is 5.32 Å². The van der Waals surface area contributed by atoms with Crippen molar-refractivity contribution < 1.29 is 17.9 Å². The highest BCUT2D eigenvalue weighted by Crippen LogP contribution is 2.26. The van der Waals surface area contributed by atoms with Crippen molar-refractivity contribution in [3.63, 3.8) is 0 Å². The number of rotatable bonds is 7. The van der Waals surface area contributed by atoms with Crippen molar-refractivity contribution in [1.82, 2.24) is 9.62 Å². The maximum Gasteiger partial charge on any atom is 0.258 e. The molecule has 0 aliphatic carbocycles. The van der Waals surface area contributed by atoms with E-state index in [4.69, 9.17) is 4.74 Å². The van der Waals surface area contributed by atoms with Crippen LogP contribution in [0.15, 0.2) is 41.3 Å². The number of hydrogen-bond donors (Lipinski definition) is 1. The minimum Gasteiger partial charge on any atom is -0.483 e. The monoisotopic (exact) mass is 444 g/mol. The van der Waals surface area contributed by atoms with Crippen LogP contribution >= 0.6 is 0 Å². The number of carbonyl (C=O) groups is 1. The first-order chi connectivity index (χ1) is 14.7. The number of hydrogen-bond acceptors (Lipinski definition) is 4. The molecule has 1 aliphatic rings. The Kier molecular flexibility index (Phi) is 7.38. The molecular weight excluding hydrogens is 412 g/mol. The topological polar surface area (TPSA) is 75.7 Å². The normalized spacial score (nSPS) is 15.6. The van der Waals surface area contributed by atoms with Crippen molar-refractivity contribution in [2.75, 3.05) is 19.7 Å². The van der Waals surface area contributed by atoms with Gasteiger partial charge in [-0.1, -0.05) is 31.2 Å². The average Bonchev–Trinajstić information content (AvgIpc) is 2.77. The average molecular weight is 445 g/mol. The number of benzene rings is 2. The van der Waals surface area contributed by atoms with E-state index in [9.17, 15) is 13.2 Å². The predicted octanol–water partition coefficient (Wildman–Crippen LogP) is 3.52. The molecule has 0 aromatic heterocycles. The van der Waals surface area contributed by atoms with Gasteiger partial charge in [-0.25, -0.2) is 8.42 Å². The highest BCUT2D eigenvalue weighted by molar-refractivity contribution is 7.89. The summed E-state index contributed by atoms with van der Waals surface area (Å²) in [5, 5.41) is 2.98. The Morgan fingerprint density at radius 3 is 2.26 bits per heavy atom. The van der Waals surface area contributed by atoms with Crippen LogP contribution in [-0.2, 0) is 21.2 Å². The molecule has 0 atom stereocenters. The van der Waals surface area contributed by atoms with Crippen molar-refractivity contribution in [1.29, 1.82) is 0 Å². The molecule has 0 radical (unpaired) electrons. The molecule has 2 aromatic rings. The molecule has 2 aromatic carbocycles. The molecule has 1 fully saturated rings. The first-order valence-corrected chi connectivity index (χ1v) is 12.2. The first kappa shape index (κ1) is 23.3. The molecule has 0 saturated carbocycles. The second kappa shape index (κ2) is 9.83. The van der Waals surface area contributed by atoms with E-state index in [1.54, 1.807) is 12.1 Å². The lowest BCUT2D eigenvalue weighted by Crippen LogP contribution is -2.47. The maximum atomic E-state index is 12.9. The summed E-state index contributed by atoms with van der Waals surface area (Å²) in [4.78, 5) is 12.7. The van der Waals surface area contributed by atoms with Gasteiger partial charge in [0.2, 0.25) is 10.0 Å². The molecule has 1 heterocycles. The number of amides is 1. The summed E-state index contributed by atoms with van der Waals surface area (Å²) in [6.07, 6.45) is 2.04. The maximum absolute atomic E-state index is 12.9. The third-order valence-electron chi connectivity index (χ3n) is 6.01. The van der Waals surface area contributed by atoms with E-state index in [0.29, 0.717) is 30.8 Å². The fourth-order valence-corrected chi connectivity index (χ4v) is 5.31. The molecule has 3 rings (SSSR count). The van der Waals surface area contributed by atoms with Gasteiger partial charge in [0, 0.05) is 19.1 Å². The molecule has 7 heteroatoms. The Morgan fingerprint density at radius 1 is 1.03 bits per heavy atom. The van der Waals surface area contributed by atoms with Crippen molar-refractivity contribution in [3.8, 4) is 5.75 Å². The number of nitrogens with one attached hydrogen (secondary N) is 1. The number of carbonyl (C=O) groups excluding carboxylic acids is 1. The van der Waals surface area contributed by atoms with Crippen molar-refractivity contribution in [2.24, 2.45) is 0 Å². The molecule has 1 amide bonds. The van der Waals surface area contributed by atoms with E-state index in [0.717, 1.165) is 34.4 Å². The van der Waals surface area contributed by atoms with Crippen LogP contribution in [0.5, 0.6) is 5.75 Å². The van der Waals surface area contributed by atoms with Crippen LogP contribution in [0.25, 0.3) is 0 Å². The summed E-state index contributed by atoms with van der Waals surface area (Å²) in [5.41, 5.74) is 4.28. The number of sulfonamides is 1. The zero-order valence-corrected chi connectivity index (χ0v) is 19.6. The van der Waals surface area contributed by atoms with Crippen LogP contribution in [0.3, 0.4) is 0 Å². The molecule has 1 N–H and O–H groups in total. The molecule has 1 saturated heterocycles. The van der Waals surface area contributed by atoms with Gasteiger partial charge in [0.25, 0.3) is 5.91 Å². The third-order valence-corrected chi connectivity index (χ3v) is 7.92. The summed E-state index contributed by atoms with van der Waals surface area (Å²) >= 11 is 0. The number of piperidine rings is 1. The van der Waals surface area contributed by atoms with Crippen molar-refractivity contribution >= 4 is 15.9 Å². The van der Waals surface area contributed by atoms with Gasteiger partial charge in [-0.05, 0) is 74.4 Å². The molecule has 31 heavy (non-hydrogen) atoms. The number of ether oxygens (including phenoxy) is 1. The largest absolute Gasteiger partial charge is 0.483 e. The molecule has 1 aliphatic heterocycles. The second-order valence-electron chi connectivity index (χ2n) is 8.19. The minimum absolute atomic E-state index is 0.0482. The van der Waals surface area contributed by atoms with Crippen LogP contribution in [0.2, 0.25) is 0 Å². The molecule has 0 bridgehead atoms. The smallest absolute Gasteiger partial charge is 0.258 e. The Labute approximate surface area is 185 Å². The van der Waals surface area contributed by atoms with Crippen LogP contribution in [0.1, 0.15) is 42.0 Å². The van der Waals surface area contributed by atoms with Gasteiger partial charge >= 0.3 is 0 Å². The fourth-order valence-electron chi connectivity index (χ4n) is 3.84. The minimum atomic E-state index is -3.50. The van der Waals surface area contributed by atoms with Crippen molar-refractivity contribution in [3.05, 3.63) is 58.7 Å². The lowest BCUT2D eigenvalue weighted by Gasteiger charge is -2.31. The molecule has 0 spiro atoms. The summed E-state index contributed by atoms with van der Waals surface area (Å²) in [7, 11) is -3.50. The van der Waals surface area contributed by atoms with Crippen LogP contribution in [0, 0.1) is 20.8 Å². The van der Waals surface area contributed by atoms with Gasteiger partial charge in [-0.15, -0.1) is 0 Å². The third kappa shape index (κ3) is 5.46. The molecule has 6 nitrogen and oxygen atoms in total. The van der Waals surface area contributed by atoms with Gasteiger partial charge in [-0.3, -0.25) is 4.79 Å². The zero-order valence-electron chi connectivity index (χ0n) is 18.8. The Hall–Kier alpha value is -2.38. The quantitative estimate of drug-likeness (QED) is 0.709. The van der Waals surface area contributed by atoms with Crippen LogP contribution in [0.4, 0.5) is 0 Å². The lowest BCUT2D eigenvalue weighted by molar-refractivity contribution is -0.124. The van der Waals surface area contributed by atoms with Gasteiger partial charge in [0.1, 0.15) is 5.75 Å². The van der Waals surface area contributed by atoms with E-state index in [-0.39, 0.29) is 18.6 Å². The number of nitrogens with zero attached hydrogens (tertiary/aromatic N) is 1. The fraction of sp³-hybridized carbons (Fsp3) is 0.458. The van der Waals surface area contributed by atoms with Crippen molar-refractivity contribution in [2.45, 2.75) is 57.9 Å². The van der Waals surface area contributed by atoms with Crippen LogP contribution < -0.4 is 10.1 Å². The highest BCUT2D eigenvalue weighted by atomic mass is 32.2. The highest BCUT2D eigenvalue weighted by Gasteiger charge is 2.30. The standard InChI is InChI=1S/C24H32N2O4S/c1-5-20-8-10-22(11-9-20)31(28,29)26-14-12-21(13-15-26)25-23(27)16-30-24-18(3)7-6-17(2)19(24)4/h6-11,21H,5,12-16H2,1-4H3,(H,25,27). The Balaban J connectivity index is 1.51. The van der Waals surface area contributed by atoms with E-state index >= 15 is 0 Å². The lowest BCUT2D eigenvalue weighted by atomic mass is 10.1. The Morgan fingerprint density at radius 2 is 1.65 bits per heavy atom. The summed E-state index contributed by atoms with van der Waals surface area (Å²) < 4.78 is 33.1. The Bertz CT molecular complexity index is 1020. The number of aryl methyl sites for hydroxylation is 3. The van der Waals surface area contributed by atoms with E-state index < -0.39 is 10.0 Å². The van der Waals surface area contributed by atoms with E-state index in [1.165, 1.54) is 4.31 Å². The predicted molar refractivity (Wildman–Crippen MR) is 122 cm³/mol. The van der Waals surface area contributed by atoms with E-state index in [1.807, 2.05) is 52.0 Å². The van der Waals surface area contributed by atoms with Gasteiger partial charge < -0.3 is 10.1 Å². The molecule has 168 valence electrons. The SMILES string of the molecule is CCc1ccc(S(=O)(=O)N2CCC(NC(=O)COc3c(C)ccc(C)c3C)CC2)cc1. The van der Waals surface area contributed by atoms with Gasteiger partial charge in [-0.2, -0.15) is 4.31 Å². The molecule has 0 unspecified atom stereocenters.